The molecule has 0 radical (unpaired) electrons. The lowest BCUT2D eigenvalue weighted by Crippen LogP contribution is -1.95. The maximum absolute atomic E-state index is 5.62. The van der Waals surface area contributed by atoms with Crippen molar-refractivity contribution in [3.63, 3.8) is 0 Å². The van der Waals surface area contributed by atoms with Crippen LogP contribution in [0.3, 0.4) is 0 Å². The molecule has 0 aromatic heterocycles. The van der Waals surface area contributed by atoms with Gasteiger partial charge in [-0.2, -0.15) is 0 Å². The monoisotopic (exact) mass is 328 g/mol. The number of hydrogen-bond acceptors (Lipinski definition) is 1. The molecule has 1 nitrogen and oxygen atoms in total. The van der Waals surface area contributed by atoms with Crippen molar-refractivity contribution < 1.29 is 4.74 Å². The summed E-state index contributed by atoms with van der Waals surface area (Å²) in [5, 5.41) is 0. The van der Waals surface area contributed by atoms with E-state index in [-0.39, 0.29) is 0 Å². The van der Waals surface area contributed by atoms with Gasteiger partial charge in [0.15, 0.2) is 0 Å². The molecule has 2 aromatic carbocycles. The van der Waals surface area contributed by atoms with Crippen molar-refractivity contribution >= 4 is 15.9 Å². The van der Waals surface area contributed by atoms with Gasteiger partial charge >= 0.3 is 0 Å². The molecule has 0 atom stereocenters. The zero-order valence-electron chi connectivity index (χ0n) is 11.5. The van der Waals surface area contributed by atoms with Crippen molar-refractivity contribution in [1.29, 1.82) is 0 Å². The highest BCUT2D eigenvalue weighted by molar-refractivity contribution is 9.10. The summed E-state index contributed by atoms with van der Waals surface area (Å²) in [6.45, 7) is 2.94. The average molecular weight is 329 g/mol. The zero-order chi connectivity index (χ0) is 14.2. The number of halogens is 1. The Hall–Kier alpha value is -1.72. The van der Waals surface area contributed by atoms with Crippen LogP contribution in [-0.2, 0) is 0 Å². The molecule has 0 bridgehead atoms. The highest BCUT2D eigenvalue weighted by Gasteiger charge is 1.93. The van der Waals surface area contributed by atoms with Crippen molar-refractivity contribution in [2.24, 2.45) is 0 Å². The van der Waals surface area contributed by atoms with Gasteiger partial charge in [-0.3, -0.25) is 0 Å². The minimum Gasteiger partial charge on any atom is -0.494 e. The molecule has 0 N–H and O–H groups in total. The van der Waals surface area contributed by atoms with Crippen LogP contribution in [0.25, 0.3) is 0 Å². The van der Waals surface area contributed by atoms with Crippen LogP contribution in [0.1, 0.15) is 30.9 Å². The van der Waals surface area contributed by atoms with Crippen LogP contribution in [0, 0.1) is 11.8 Å². The van der Waals surface area contributed by atoms with Crippen LogP contribution < -0.4 is 4.74 Å². The molecule has 0 spiro atoms. The van der Waals surface area contributed by atoms with Crippen LogP contribution in [0.2, 0.25) is 0 Å². The summed E-state index contributed by atoms with van der Waals surface area (Å²) < 4.78 is 6.69. The fraction of sp³-hybridized carbons (Fsp3) is 0.222. The molecule has 0 aliphatic rings. The molecule has 2 aromatic rings. The van der Waals surface area contributed by atoms with E-state index in [1.54, 1.807) is 0 Å². The van der Waals surface area contributed by atoms with Gasteiger partial charge in [-0.05, 0) is 55.0 Å². The number of unbranched alkanes of at least 4 members (excludes halogenated alkanes) is 1. The Morgan fingerprint density at radius 3 is 2.00 bits per heavy atom. The van der Waals surface area contributed by atoms with Gasteiger partial charge in [-0.25, -0.2) is 0 Å². The lowest BCUT2D eigenvalue weighted by atomic mass is 10.2. The second-order valence-electron chi connectivity index (χ2n) is 4.48. The Balaban J connectivity index is 1.98. The maximum atomic E-state index is 5.62. The van der Waals surface area contributed by atoms with Crippen molar-refractivity contribution in [2.45, 2.75) is 19.8 Å². The minimum absolute atomic E-state index is 0.778. The molecule has 2 rings (SSSR count). The first kappa shape index (κ1) is 14.7. The smallest absolute Gasteiger partial charge is 0.119 e. The molecule has 2 heteroatoms. The van der Waals surface area contributed by atoms with Gasteiger partial charge in [0.2, 0.25) is 0 Å². The van der Waals surface area contributed by atoms with Crippen LogP contribution in [0.5, 0.6) is 5.75 Å². The Morgan fingerprint density at radius 2 is 1.45 bits per heavy atom. The number of benzene rings is 2. The lowest BCUT2D eigenvalue weighted by Gasteiger charge is -2.04. The number of hydrogen-bond donors (Lipinski definition) is 0. The molecule has 0 amide bonds. The van der Waals surface area contributed by atoms with Gasteiger partial charge in [-0.15, -0.1) is 0 Å². The zero-order valence-corrected chi connectivity index (χ0v) is 13.1. The van der Waals surface area contributed by atoms with Gasteiger partial charge in [-0.1, -0.05) is 41.1 Å². The van der Waals surface area contributed by atoms with Gasteiger partial charge in [0, 0.05) is 15.6 Å². The number of ether oxygens (including phenoxy) is 1. The summed E-state index contributed by atoms with van der Waals surface area (Å²) in [6.07, 6.45) is 2.24. The summed E-state index contributed by atoms with van der Waals surface area (Å²) in [4.78, 5) is 0. The van der Waals surface area contributed by atoms with Crippen LogP contribution in [-0.4, -0.2) is 6.61 Å². The van der Waals surface area contributed by atoms with E-state index in [9.17, 15) is 0 Å². The van der Waals surface area contributed by atoms with E-state index in [1.807, 2.05) is 48.5 Å². The molecule has 102 valence electrons. The molecule has 0 aliphatic heterocycles. The predicted molar refractivity (Wildman–Crippen MR) is 87.0 cm³/mol. The van der Waals surface area contributed by atoms with Crippen LogP contribution in [0.4, 0.5) is 0 Å². The highest BCUT2D eigenvalue weighted by Crippen LogP contribution is 2.13. The third-order valence-corrected chi connectivity index (χ3v) is 3.34. The fourth-order valence-corrected chi connectivity index (χ4v) is 1.91. The normalized spacial score (nSPS) is 9.70. The largest absolute Gasteiger partial charge is 0.494 e. The Bertz CT molecular complexity index is 588. The van der Waals surface area contributed by atoms with Crippen LogP contribution >= 0.6 is 15.9 Å². The molecule has 0 aliphatic carbocycles. The highest BCUT2D eigenvalue weighted by atomic mass is 79.9. The fourth-order valence-electron chi connectivity index (χ4n) is 1.65. The quantitative estimate of drug-likeness (QED) is 0.565. The third kappa shape index (κ3) is 4.75. The Morgan fingerprint density at radius 1 is 0.900 bits per heavy atom. The first-order valence-corrected chi connectivity index (χ1v) is 7.57. The summed E-state index contributed by atoms with van der Waals surface area (Å²) >= 11 is 3.41. The summed E-state index contributed by atoms with van der Waals surface area (Å²) in [7, 11) is 0. The second kappa shape index (κ2) is 7.77. The van der Waals surface area contributed by atoms with Crippen molar-refractivity contribution in [1.82, 2.24) is 0 Å². The van der Waals surface area contributed by atoms with Crippen molar-refractivity contribution in [3.05, 3.63) is 64.1 Å². The van der Waals surface area contributed by atoms with E-state index < -0.39 is 0 Å². The first-order chi connectivity index (χ1) is 9.78. The summed E-state index contributed by atoms with van der Waals surface area (Å²) in [5.74, 6) is 7.21. The standard InChI is InChI=1S/C18H17BrO/c1-2-3-14-20-18-12-8-16(9-13-18)5-4-15-6-10-17(19)11-7-15/h6-13H,2-3,14H2,1H3. The molecular weight excluding hydrogens is 312 g/mol. The molecule has 0 heterocycles. The van der Waals surface area contributed by atoms with Crippen molar-refractivity contribution in [2.75, 3.05) is 6.61 Å². The van der Waals surface area contributed by atoms with Gasteiger partial charge in [0.05, 0.1) is 6.61 Å². The van der Waals surface area contributed by atoms with Gasteiger partial charge < -0.3 is 4.74 Å². The lowest BCUT2D eigenvalue weighted by molar-refractivity contribution is 0.309. The van der Waals surface area contributed by atoms with Crippen LogP contribution in [0.15, 0.2) is 53.0 Å². The molecule has 0 fully saturated rings. The first-order valence-electron chi connectivity index (χ1n) is 6.78. The SMILES string of the molecule is CCCCOc1ccc(C#Cc2ccc(Br)cc2)cc1. The van der Waals surface area contributed by atoms with E-state index in [4.69, 9.17) is 4.74 Å². The number of rotatable bonds is 4. The minimum atomic E-state index is 0.778. The third-order valence-electron chi connectivity index (χ3n) is 2.82. The summed E-state index contributed by atoms with van der Waals surface area (Å²) in [6, 6.07) is 15.9. The van der Waals surface area contributed by atoms with E-state index in [1.165, 1.54) is 0 Å². The van der Waals surface area contributed by atoms with E-state index in [0.29, 0.717) is 0 Å². The van der Waals surface area contributed by atoms with E-state index in [0.717, 1.165) is 40.8 Å². The average Bonchev–Trinajstić information content (AvgIpc) is 2.48. The molecule has 0 saturated carbocycles. The van der Waals surface area contributed by atoms with Crippen molar-refractivity contribution in [3.8, 4) is 17.6 Å². The maximum Gasteiger partial charge on any atom is 0.119 e. The summed E-state index contributed by atoms with van der Waals surface area (Å²) in [5.41, 5.74) is 2.01. The molecule has 20 heavy (non-hydrogen) atoms. The molecule has 0 unspecified atom stereocenters. The van der Waals surface area contributed by atoms with E-state index in [2.05, 4.69) is 34.7 Å². The van der Waals surface area contributed by atoms with E-state index >= 15 is 0 Å². The molecular formula is C18H17BrO. The van der Waals surface area contributed by atoms with Gasteiger partial charge in [0.25, 0.3) is 0 Å². The second-order valence-corrected chi connectivity index (χ2v) is 5.40. The Labute approximate surface area is 129 Å². The predicted octanol–water partition coefficient (Wildman–Crippen LogP) is 5.03. The topological polar surface area (TPSA) is 9.23 Å². The molecule has 0 saturated heterocycles. The van der Waals surface area contributed by atoms with Gasteiger partial charge in [0.1, 0.15) is 5.75 Å². The Kier molecular flexibility index (Phi) is 5.70.